The van der Waals surface area contributed by atoms with Gasteiger partial charge in [0.2, 0.25) is 0 Å². The molecule has 0 bridgehead atoms. The van der Waals surface area contributed by atoms with E-state index in [1.165, 1.54) is 0 Å². The van der Waals surface area contributed by atoms with Gasteiger partial charge in [0.1, 0.15) is 12.2 Å². The molecule has 23 heavy (non-hydrogen) atoms. The molecule has 2 saturated heterocycles. The van der Waals surface area contributed by atoms with E-state index in [-0.39, 0.29) is 25.4 Å². The Morgan fingerprint density at radius 2 is 1.30 bits per heavy atom. The van der Waals surface area contributed by atoms with Gasteiger partial charge in [-0.3, -0.25) is 0 Å². The molecule has 0 radical (unpaired) electrons. The highest BCUT2D eigenvalue weighted by molar-refractivity contribution is 5.69. The first kappa shape index (κ1) is 19.5. The summed E-state index contributed by atoms with van der Waals surface area (Å²) in [5.74, 6) is 0. The maximum absolute atomic E-state index is 10.6. The summed E-state index contributed by atoms with van der Waals surface area (Å²) in [5.41, 5.74) is 0. The molecule has 134 valence electrons. The molecule has 2 aliphatic rings. The molecule has 2 rings (SSSR count). The van der Waals surface area contributed by atoms with Crippen LogP contribution in [0.1, 0.15) is 25.7 Å². The monoisotopic (exact) mass is 334 g/mol. The highest BCUT2D eigenvalue weighted by atomic mass is 16.6. The molecule has 2 fully saturated rings. The molecule has 0 aromatic heterocycles. The first-order valence-electron chi connectivity index (χ1n) is 7.84. The minimum atomic E-state index is -0.419. The zero-order chi connectivity index (χ0) is 16.9. The number of cyclic esters (lactones) is 2. The number of ether oxygens (including phenoxy) is 3. The van der Waals surface area contributed by atoms with Gasteiger partial charge < -0.3 is 35.1 Å². The average Bonchev–Trinajstić information content (AvgIpc) is 3.13. The third-order valence-electron chi connectivity index (χ3n) is 3.17. The highest BCUT2D eigenvalue weighted by Gasteiger charge is 2.25. The van der Waals surface area contributed by atoms with Crippen LogP contribution >= 0.6 is 0 Å². The lowest BCUT2D eigenvalue weighted by Gasteiger charge is -2.11. The van der Waals surface area contributed by atoms with Crippen molar-refractivity contribution >= 4 is 12.2 Å². The fourth-order valence-corrected chi connectivity index (χ4v) is 1.96. The van der Waals surface area contributed by atoms with Crippen LogP contribution in [0.3, 0.4) is 0 Å². The lowest BCUT2D eigenvalue weighted by atomic mass is 10.2. The normalized spacial score (nSPS) is 22.5. The largest absolute Gasteiger partial charge is 0.442 e. The van der Waals surface area contributed by atoms with Gasteiger partial charge in [0.05, 0.1) is 26.3 Å². The summed E-state index contributed by atoms with van der Waals surface area (Å²) in [4.78, 5) is 21.3. The van der Waals surface area contributed by atoms with Crippen LogP contribution in [-0.2, 0) is 14.2 Å². The third kappa shape index (κ3) is 9.22. The van der Waals surface area contributed by atoms with Crippen molar-refractivity contribution in [2.45, 2.75) is 37.9 Å². The topological polar surface area (TPSA) is 126 Å². The molecule has 0 spiro atoms. The van der Waals surface area contributed by atoms with Gasteiger partial charge >= 0.3 is 12.2 Å². The Morgan fingerprint density at radius 3 is 1.61 bits per heavy atom. The Bertz CT molecular complexity index is 322. The van der Waals surface area contributed by atoms with Gasteiger partial charge in [0.25, 0.3) is 0 Å². The van der Waals surface area contributed by atoms with Crippen LogP contribution in [0.4, 0.5) is 9.59 Å². The number of rotatable bonds is 9. The summed E-state index contributed by atoms with van der Waals surface area (Å²) in [5, 5.41) is 21.6. The number of hydrogen-bond donors (Lipinski definition) is 4. The van der Waals surface area contributed by atoms with Crippen LogP contribution in [0.25, 0.3) is 0 Å². The van der Waals surface area contributed by atoms with Crippen LogP contribution in [0.15, 0.2) is 0 Å². The second kappa shape index (κ2) is 11.9. The average molecular weight is 334 g/mol. The zero-order valence-corrected chi connectivity index (χ0v) is 13.2. The van der Waals surface area contributed by atoms with E-state index in [1.54, 1.807) is 0 Å². The van der Waals surface area contributed by atoms with Crippen LogP contribution in [0, 0.1) is 0 Å². The van der Waals surface area contributed by atoms with E-state index >= 15 is 0 Å². The Balaban J connectivity index is 0.000000284. The summed E-state index contributed by atoms with van der Waals surface area (Å²) >= 11 is 0. The highest BCUT2D eigenvalue weighted by Crippen LogP contribution is 2.04. The molecule has 0 aliphatic carbocycles. The van der Waals surface area contributed by atoms with Crippen molar-refractivity contribution in [2.24, 2.45) is 0 Å². The molecule has 2 heterocycles. The van der Waals surface area contributed by atoms with Crippen molar-refractivity contribution < 1.29 is 34.0 Å². The van der Waals surface area contributed by atoms with Gasteiger partial charge in [-0.25, -0.2) is 9.59 Å². The summed E-state index contributed by atoms with van der Waals surface area (Å²) < 4.78 is 15.0. The standard InChI is InChI=1S/C8H12N2O5.C6H14O2/c11-7-9-1-5(14-7)3-13-4-6-2-10-8(12)15-6;7-5-3-1-2-4-6-8/h5-6H,1-4H2,(H,9,11)(H,10,12);7-8H,1-6H2. The maximum Gasteiger partial charge on any atom is 0.407 e. The summed E-state index contributed by atoms with van der Waals surface area (Å²) in [6.07, 6.45) is 2.49. The second-order valence-corrected chi connectivity index (χ2v) is 5.22. The summed E-state index contributed by atoms with van der Waals surface area (Å²) in [6.45, 7) is 2.11. The molecule has 0 saturated carbocycles. The number of amides is 2. The molecule has 2 unspecified atom stereocenters. The van der Waals surface area contributed by atoms with E-state index in [0.29, 0.717) is 26.3 Å². The van der Waals surface area contributed by atoms with Gasteiger partial charge in [0, 0.05) is 13.2 Å². The van der Waals surface area contributed by atoms with E-state index in [0.717, 1.165) is 25.7 Å². The third-order valence-corrected chi connectivity index (χ3v) is 3.17. The number of carbonyl (C=O) groups excluding carboxylic acids is 2. The first-order valence-corrected chi connectivity index (χ1v) is 7.84. The zero-order valence-electron chi connectivity index (χ0n) is 13.2. The fraction of sp³-hybridized carbons (Fsp3) is 0.857. The van der Waals surface area contributed by atoms with Crippen molar-refractivity contribution in [3.8, 4) is 0 Å². The second-order valence-electron chi connectivity index (χ2n) is 5.22. The Labute approximate surface area is 135 Å². The van der Waals surface area contributed by atoms with Crippen LogP contribution in [0.5, 0.6) is 0 Å². The number of unbranched alkanes of at least 4 members (excludes halogenated alkanes) is 3. The van der Waals surface area contributed by atoms with E-state index in [1.807, 2.05) is 0 Å². The minimum Gasteiger partial charge on any atom is -0.442 e. The SMILES string of the molecule is O=C1NCC(COCC2CNC(=O)O2)O1.OCCCCCCO. The van der Waals surface area contributed by atoms with E-state index in [4.69, 9.17) is 24.4 Å². The molecule has 0 aromatic carbocycles. The van der Waals surface area contributed by atoms with Gasteiger partial charge in [-0.05, 0) is 12.8 Å². The van der Waals surface area contributed by atoms with E-state index < -0.39 is 12.2 Å². The van der Waals surface area contributed by atoms with Crippen LogP contribution < -0.4 is 10.6 Å². The number of alkyl carbamates (subject to hydrolysis) is 2. The predicted octanol–water partition coefficient (Wildman–Crippen LogP) is -0.249. The first-order chi connectivity index (χ1) is 11.2. The van der Waals surface area contributed by atoms with Crippen LogP contribution in [0.2, 0.25) is 0 Å². The van der Waals surface area contributed by atoms with Gasteiger partial charge in [-0.1, -0.05) is 12.8 Å². The molecular weight excluding hydrogens is 308 g/mol. The van der Waals surface area contributed by atoms with Crippen molar-refractivity contribution in [3.05, 3.63) is 0 Å². The quantitative estimate of drug-likeness (QED) is 0.428. The van der Waals surface area contributed by atoms with Crippen LogP contribution in [-0.4, -0.2) is 74.1 Å². The smallest absolute Gasteiger partial charge is 0.407 e. The van der Waals surface area contributed by atoms with Crippen molar-refractivity contribution in [2.75, 3.05) is 39.5 Å². The Hall–Kier alpha value is -1.58. The van der Waals surface area contributed by atoms with Crippen molar-refractivity contribution in [1.29, 1.82) is 0 Å². The summed E-state index contributed by atoms with van der Waals surface area (Å²) in [7, 11) is 0. The van der Waals surface area contributed by atoms with Gasteiger partial charge in [-0.2, -0.15) is 0 Å². The molecule has 0 aromatic rings. The van der Waals surface area contributed by atoms with Crippen molar-refractivity contribution in [3.63, 3.8) is 0 Å². The molecule has 2 amide bonds. The molecular formula is C14H26N2O7. The number of hydrogen-bond acceptors (Lipinski definition) is 7. The molecule has 4 N–H and O–H groups in total. The molecule has 2 atom stereocenters. The number of aliphatic hydroxyl groups excluding tert-OH is 2. The minimum absolute atomic E-state index is 0.248. The van der Waals surface area contributed by atoms with E-state index in [9.17, 15) is 9.59 Å². The molecule has 9 heteroatoms. The van der Waals surface area contributed by atoms with Gasteiger partial charge in [-0.15, -0.1) is 0 Å². The lowest BCUT2D eigenvalue weighted by Crippen LogP contribution is -2.25. The fourth-order valence-electron chi connectivity index (χ4n) is 1.96. The predicted molar refractivity (Wildman–Crippen MR) is 80.0 cm³/mol. The Morgan fingerprint density at radius 1 is 0.870 bits per heavy atom. The lowest BCUT2D eigenvalue weighted by molar-refractivity contribution is 0.00762. The summed E-state index contributed by atoms with van der Waals surface area (Å²) in [6, 6.07) is 0. The molecule has 2 aliphatic heterocycles. The number of nitrogens with one attached hydrogen (secondary N) is 2. The van der Waals surface area contributed by atoms with Gasteiger partial charge in [0.15, 0.2) is 0 Å². The molecule has 9 nitrogen and oxygen atoms in total. The van der Waals surface area contributed by atoms with E-state index in [2.05, 4.69) is 10.6 Å². The number of aliphatic hydroxyl groups is 2. The van der Waals surface area contributed by atoms with Crippen molar-refractivity contribution in [1.82, 2.24) is 10.6 Å². The Kier molecular flexibility index (Phi) is 10.1. The number of carbonyl (C=O) groups is 2. The maximum atomic E-state index is 10.6.